The predicted octanol–water partition coefficient (Wildman–Crippen LogP) is -1.59. The second-order valence-corrected chi connectivity index (χ2v) is 8.71. The Morgan fingerprint density at radius 1 is 1.06 bits per heavy atom. The maximum absolute atomic E-state index is 13.0. The Morgan fingerprint density at radius 2 is 1.73 bits per heavy atom. The van der Waals surface area contributed by atoms with Crippen LogP contribution in [0.15, 0.2) is 0 Å². The van der Waals surface area contributed by atoms with Crippen molar-refractivity contribution >= 4 is 29.6 Å². The topological polar surface area (TPSA) is 211 Å². The van der Waals surface area contributed by atoms with E-state index in [9.17, 15) is 29.1 Å². The summed E-state index contributed by atoms with van der Waals surface area (Å²) in [5, 5.41) is 14.4. The zero-order valence-corrected chi connectivity index (χ0v) is 19.4. The van der Waals surface area contributed by atoms with Gasteiger partial charge in [-0.25, -0.2) is 4.79 Å². The Bertz CT molecular complexity index is 715. The minimum Gasteiger partial charge on any atom is -0.480 e. The van der Waals surface area contributed by atoms with Crippen LogP contribution >= 0.6 is 0 Å². The van der Waals surface area contributed by atoms with Gasteiger partial charge >= 0.3 is 5.97 Å². The van der Waals surface area contributed by atoms with E-state index in [1.807, 2.05) is 13.8 Å². The molecule has 0 aliphatic carbocycles. The van der Waals surface area contributed by atoms with Gasteiger partial charge in [0, 0.05) is 13.0 Å². The summed E-state index contributed by atoms with van der Waals surface area (Å²) in [6, 6.07) is -3.90. The van der Waals surface area contributed by atoms with Crippen molar-refractivity contribution in [2.75, 3.05) is 13.1 Å². The van der Waals surface area contributed by atoms with Crippen molar-refractivity contribution in [2.24, 2.45) is 23.1 Å². The second kappa shape index (κ2) is 13.7. The normalized spacial score (nSPS) is 18.5. The molecule has 1 heterocycles. The Kier molecular flexibility index (Phi) is 11.8. The molecule has 0 radical (unpaired) electrons. The molecule has 0 bridgehead atoms. The van der Waals surface area contributed by atoms with E-state index in [0.717, 1.165) is 0 Å². The largest absolute Gasteiger partial charge is 0.480 e. The molecule has 12 heteroatoms. The molecular weight excluding hydrogens is 432 g/mol. The summed E-state index contributed by atoms with van der Waals surface area (Å²) in [5.74, 6) is -3.62. The summed E-state index contributed by atoms with van der Waals surface area (Å²) in [4.78, 5) is 62.7. The van der Waals surface area contributed by atoms with E-state index < -0.39 is 47.9 Å². The first-order valence-electron chi connectivity index (χ1n) is 11.4. The summed E-state index contributed by atoms with van der Waals surface area (Å²) < 4.78 is 0. The zero-order chi connectivity index (χ0) is 25.1. The number of likely N-dealkylation sites (tertiary alicyclic amines) is 1. The lowest BCUT2D eigenvalue weighted by Crippen LogP contribution is -2.57. The fourth-order valence-corrected chi connectivity index (χ4v) is 3.63. The third kappa shape index (κ3) is 8.97. The maximum Gasteiger partial charge on any atom is 0.326 e. The molecular formula is C21H38N6O6. The van der Waals surface area contributed by atoms with Gasteiger partial charge in [-0.15, -0.1) is 0 Å². The number of carbonyl (C=O) groups excluding carboxylic acids is 4. The van der Waals surface area contributed by atoms with Crippen LogP contribution < -0.4 is 27.8 Å². The van der Waals surface area contributed by atoms with Crippen molar-refractivity contribution in [1.82, 2.24) is 15.5 Å². The number of amides is 4. The van der Waals surface area contributed by atoms with E-state index in [1.165, 1.54) is 4.90 Å². The minimum absolute atomic E-state index is 0.103. The lowest BCUT2D eigenvalue weighted by atomic mass is 10.0. The number of hydrogen-bond acceptors (Lipinski definition) is 7. The summed E-state index contributed by atoms with van der Waals surface area (Å²) in [7, 11) is 0. The lowest BCUT2D eigenvalue weighted by Gasteiger charge is -2.29. The summed E-state index contributed by atoms with van der Waals surface area (Å²) >= 11 is 0. The molecule has 188 valence electrons. The quantitative estimate of drug-likeness (QED) is 0.162. The second-order valence-electron chi connectivity index (χ2n) is 8.71. The first-order valence-corrected chi connectivity index (χ1v) is 11.4. The van der Waals surface area contributed by atoms with Gasteiger partial charge in [0.2, 0.25) is 23.6 Å². The zero-order valence-electron chi connectivity index (χ0n) is 19.4. The summed E-state index contributed by atoms with van der Waals surface area (Å²) in [6.45, 7) is 4.39. The molecule has 0 aromatic heterocycles. The molecule has 0 aromatic carbocycles. The molecule has 0 saturated carbocycles. The SMILES string of the molecule is CC(C)C(N)C(=O)N1CCCC1C(=O)NC(CCC(N)=O)C(=O)NC(CCCCN)C(=O)O. The van der Waals surface area contributed by atoms with E-state index in [1.54, 1.807) is 0 Å². The van der Waals surface area contributed by atoms with E-state index in [4.69, 9.17) is 17.2 Å². The van der Waals surface area contributed by atoms with Crippen LogP contribution in [0.2, 0.25) is 0 Å². The van der Waals surface area contributed by atoms with Gasteiger partial charge in [0.25, 0.3) is 0 Å². The van der Waals surface area contributed by atoms with Crippen LogP contribution in [0.3, 0.4) is 0 Å². The Hall–Kier alpha value is -2.73. The molecule has 1 fully saturated rings. The van der Waals surface area contributed by atoms with E-state index in [2.05, 4.69) is 10.6 Å². The molecule has 12 nitrogen and oxygen atoms in total. The highest BCUT2D eigenvalue weighted by atomic mass is 16.4. The predicted molar refractivity (Wildman–Crippen MR) is 120 cm³/mol. The van der Waals surface area contributed by atoms with Crippen LogP contribution in [0.1, 0.15) is 58.8 Å². The van der Waals surface area contributed by atoms with Gasteiger partial charge in [0.15, 0.2) is 0 Å². The van der Waals surface area contributed by atoms with Crippen LogP contribution in [0.4, 0.5) is 0 Å². The third-order valence-electron chi connectivity index (χ3n) is 5.72. The number of primary amides is 1. The maximum atomic E-state index is 13.0. The number of unbranched alkanes of at least 4 members (excludes halogenated alkanes) is 1. The van der Waals surface area contributed by atoms with E-state index in [0.29, 0.717) is 38.8 Å². The molecule has 1 rings (SSSR count). The van der Waals surface area contributed by atoms with Crippen LogP contribution in [0.25, 0.3) is 0 Å². The van der Waals surface area contributed by atoms with Crippen molar-refractivity contribution in [3.63, 3.8) is 0 Å². The average Bonchev–Trinajstić information content (AvgIpc) is 3.24. The first kappa shape index (κ1) is 28.3. The summed E-state index contributed by atoms with van der Waals surface area (Å²) in [5.41, 5.74) is 16.6. The van der Waals surface area contributed by atoms with Crippen molar-refractivity contribution in [2.45, 2.75) is 83.0 Å². The van der Waals surface area contributed by atoms with E-state index >= 15 is 0 Å². The van der Waals surface area contributed by atoms with Gasteiger partial charge in [-0.3, -0.25) is 19.2 Å². The fraction of sp³-hybridized carbons (Fsp3) is 0.762. The number of nitrogens with two attached hydrogens (primary N) is 3. The molecule has 33 heavy (non-hydrogen) atoms. The smallest absolute Gasteiger partial charge is 0.326 e. The number of hydrogen-bond donors (Lipinski definition) is 6. The van der Waals surface area contributed by atoms with Crippen molar-refractivity contribution in [3.05, 3.63) is 0 Å². The molecule has 1 aliphatic rings. The molecule has 0 aromatic rings. The molecule has 1 aliphatic heterocycles. The number of carboxylic acid groups (broad SMARTS) is 1. The standard InChI is InChI=1S/C21H38N6O6/c1-12(2)17(24)20(31)27-11-5-7-15(27)19(30)25-13(8-9-16(23)28)18(29)26-14(21(32)33)6-3-4-10-22/h12-15,17H,3-11,22,24H2,1-2H3,(H2,23,28)(H,25,30)(H,26,29)(H,32,33). The summed E-state index contributed by atoms with van der Waals surface area (Å²) in [6.07, 6.45) is 2.00. The monoisotopic (exact) mass is 470 g/mol. The number of rotatable bonds is 14. The Balaban J connectivity index is 2.92. The lowest BCUT2D eigenvalue weighted by molar-refractivity contribution is -0.143. The molecule has 4 amide bonds. The van der Waals surface area contributed by atoms with Crippen LogP contribution in [-0.4, -0.2) is 76.9 Å². The van der Waals surface area contributed by atoms with Gasteiger partial charge < -0.3 is 37.8 Å². The molecule has 1 saturated heterocycles. The highest BCUT2D eigenvalue weighted by Crippen LogP contribution is 2.20. The van der Waals surface area contributed by atoms with Crippen molar-refractivity contribution in [3.8, 4) is 0 Å². The van der Waals surface area contributed by atoms with Gasteiger partial charge in [0.05, 0.1) is 6.04 Å². The fourth-order valence-electron chi connectivity index (χ4n) is 3.63. The number of carbonyl (C=O) groups is 5. The van der Waals surface area contributed by atoms with Gasteiger partial charge in [0.1, 0.15) is 18.1 Å². The van der Waals surface area contributed by atoms with Crippen LogP contribution in [0.5, 0.6) is 0 Å². The average molecular weight is 471 g/mol. The first-order chi connectivity index (χ1) is 15.5. The van der Waals surface area contributed by atoms with Gasteiger partial charge in [-0.2, -0.15) is 0 Å². The molecule has 0 spiro atoms. The highest BCUT2D eigenvalue weighted by Gasteiger charge is 2.38. The number of aliphatic carboxylic acids is 1. The molecule has 4 unspecified atom stereocenters. The van der Waals surface area contributed by atoms with Gasteiger partial charge in [-0.05, 0) is 51.0 Å². The van der Waals surface area contributed by atoms with E-state index in [-0.39, 0.29) is 31.1 Å². The number of carboxylic acids is 1. The highest BCUT2D eigenvalue weighted by molar-refractivity contribution is 5.94. The third-order valence-corrected chi connectivity index (χ3v) is 5.72. The minimum atomic E-state index is -1.21. The number of nitrogens with zero attached hydrogens (tertiary/aromatic N) is 1. The van der Waals surface area contributed by atoms with Crippen molar-refractivity contribution in [1.29, 1.82) is 0 Å². The Labute approximate surface area is 194 Å². The van der Waals surface area contributed by atoms with Crippen LogP contribution in [0, 0.1) is 5.92 Å². The van der Waals surface area contributed by atoms with Crippen LogP contribution in [-0.2, 0) is 24.0 Å². The van der Waals surface area contributed by atoms with Gasteiger partial charge in [-0.1, -0.05) is 13.8 Å². The number of nitrogens with one attached hydrogen (secondary N) is 2. The molecule has 9 N–H and O–H groups in total. The molecule has 4 atom stereocenters. The Morgan fingerprint density at radius 3 is 2.27 bits per heavy atom. The van der Waals surface area contributed by atoms with Crippen molar-refractivity contribution < 1.29 is 29.1 Å².